The van der Waals surface area contributed by atoms with Gasteiger partial charge in [-0.05, 0) is 61.9 Å². The minimum atomic E-state index is -0.642. The number of nitrogens with zero attached hydrogens (tertiary/aromatic N) is 2. The number of benzene rings is 2. The molecule has 1 aromatic heterocycles. The van der Waals surface area contributed by atoms with Gasteiger partial charge in [0.05, 0.1) is 13.2 Å². The van der Waals surface area contributed by atoms with E-state index in [1.807, 2.05) is 19.1 Å². The fourth-order valence-corrected chi connectivity index (χ4v) is 4.34. The van der Waals surface area contributed by atoms with Gasteiger partial charge >= 0.3 is 6.09 Å². The third-order valence-corrected chi connectivity index (χ3v) is 6.41. The Morgan fingerprint density at radius 3 is 2.74 bits per heavy atom. The van der Waals surface area contributed by atoms with Crippen LogP contribution in [0.1, 0.15) is 22.3 Å². The first-order valence-electron chi connectivity index (χ1n) is 12.7. The van der Waals surface area contributed by atoms with Gasteiger partial charge in [-0.1, -0.05) is 12.1 Å². The first-order valence-corrected chi connectivity index (χ1v) is 12.7. The van der Waals surface area contributed by atoms with E-state index in [-0.39, 0.29) is 12.0 Å². The fourth-order valence-electron chi connectivity index (χ4n) is 4.34. The monoisotopic (exact) mass is 517 g/mol. The highest BCUT2D eigenvalue weighted by molar-refractivity contribution is 6.05. The van der Waals surface area contributed by atoms with E-state index >= 15 is 0 Å². The number of aromatic nitrogens is 1. The van der Waals surface area contributed by atoms with Crippen LogP contribution in [0.15, 0.2) is 60.8 Å². The number of rotatable bonds is 7. The second-order valence-corrected chi connectivity index (χ2v) is 9.21. The Bertz CT molecular complexity index is 1290. The van der Waals surface area contributed by atoms with E-state index in [1.165, 1.54) is 0 Å². The van der Waals surface area contributed by atoms with E-state index in [0.29, 0.717) is 41.7 Å². The molecule has 2 aromatic carbocycles. The van der Waals surface area contributed by atoms with Gasteiger partial charge in [0.2, 0.25) is 0 Å². The molecule has 0 saturated carbocycles. The summed E-state index contributed by atoms with van der Waals surface area (Å²) in [5.41, 5.74) is 2.41. The Labute approximate surface area is 221 Å². The van der Waals surface area contributed by atoms with Crippen molar-refractivity contribution < 1.29 is 23.8 Å². The maximum absolute atomic E-state index is 13.0. The molecule has 10 nitrogen and oxygen atoms in total. The predicted molar refractivity (Wildman–Crippen MR) is 144 cm³/mol. The average molecular weight is 518 g/mol. The van der Waals surface area contributed by atoms with Gasteiger partial charge in [0, 0.05) is 48.8 Å². The number of morpholine rings is 1. The number of nitrogens with one attached hydrogen (secondary N) is 3. The summed E-state index contributed by atoms with van der Waals surface area (Å²) in [6, 6.07) is 15.8. The molecule has 5 rings (SSSR count). The predicted octanol–water partition coefficient (Wildman–Crippen LogP) is 3.83. The van der Waals surface area contributed by atoms with Gasteiger partial charge < -0.3 is 29.7 Å². The molecule has 3 N–H and O–H groups in total. The SMILES string of the molecule is Cc1ccc(NC(=O)Oc2ccnc(N3CCOCC3)c2)cc1NC(=O)c1cccc(OC2CCNC2)c1. The lowest BCUT2D eigenvalue weighted by molar-refractivity contribution is 0.102. The number of hydrogen-bond acceptors (Lipinski definition) is 8. The van der Waals surface area contributed by atoms with Gasteiger partial charge in [0.15, 0.2) is 0 Å². The van der Waals surface area contributed by atoms with Crippen molar-refractivity contribution in [2.24, 2.45) is 0 Å². The lowest BCUT2D eigenvalue weighted by Gasteiger charge is -2.27. The van der Waals surface area contributed by atoms with E-state index in [4.69, 9.17) is 14.2 Å². The molecular formula is C28H31N5O5. The van der Waals surface area contributed by atoms with Crippen LogP contribution in [0, 0.1) is 6.92 Å². The van der Waals surface area contributed by atoms with Gasteiger partial charge in [-0.15, -0.1) is 0 Å². The summed E-state index contributed by atoms with van der Waals surface area (Å²) in [5, 5.41) is 8.92. The third-order valence-electron chi connectivity index (χ3n) is 6.41. The molecule has 2 fully saturated rings. The van der Waals surface area contributed by atoms with Gasteiger partial charge in [-0.3, -0.25) is 10.1 Å². The van der Waals surface area contributed by atoms with Crippen molar-refractivity contribution in [3.8, 4) is 11.5 Å². The molecule has 1 atom stereocenters. The third kappa shape index (κ3) is 6.58. The molecule has 1 unspecified atom stereocenters. The maximum atomic E-state index is 13.0. The molecule has 2 aliphatic heterocycles. The summed E-state index contributed by atoms with van der Waals surface area (Å²) in [5.74, 6) is 1.51. The second kappa shape index (κ2) is 11.9. The van der Waals surface area contributed by atoms with Crippen LogP contribution in [-0.2, 0) is 4.74 Å². The Kier molecular flexibility index (Phi) is 8.01. The smallest absolute Gasteiger partial charge is 0.417 e. The summed E-state index contributed by atoms with van der Waals surface area (Å²) in [7, 11) is 0. The Balaban J connectivity index is 1.21. The minimum absolute atomic E-state index is 0.108. The molecule has 3 heterocycles. The summed E-state index contributed by atoms with van der Waals surface area (Å²) in [6.07, 6.45) is 2.01. The molecule has 3 aromatic rings. The maximum Gasteiger partial charge on any atom is 0.417 e. The number of carbonyl (C=O) groups is 2. The minimum Gasteiger partial charge on any atom is -0.489 e. The van der Waals surface area contributed by atoms with Crippen molar-refractivity contribution in [2.75, 3.05) is 54.9 Å². The highest BCUT2D eigenvalue weighted by Gasteiger charge is 2.17. The Morgan fingerprint density at radius 2 is 1.92 bits per heavy atom. The number of aryl methyl sites for hydroxylation is 1. The van der Waals surface area contributed by atoms with Crippen molar-refractivity contribution in [1.82, 2.24) is 10.3 Å². The molecule has 198 valence electrons. The van der Waals surface area contributed by atoms with Crippen LogP contribution >= 0.6 is 0 Å². The highest BCUT2D eigenvalue weighted by Crippen LogP contribution is 2.24. The largest absolute Gasteiger partial charge is 0.489 e. The van der Waals surface area contributed by atoms with Crippen LogP contribution in [0.5, 0.6) is 11.5 Å². The first-order chi connectivity index (χ1) is 18.5. The van der Waals surface area contributed by atoms with Crippen molar-refractivity contribution in [3.05, 3.63) is 71.9 Å². The summed E-state index contributed by atoms with van der Waals surface area (Å²) < 4.78 is 16.8. The van der Waals surface area contributed by atoms with Crippen LogP contribution in [-0.4, -0.2) is 62.5 Å². The molecule has 0 spiro atoms. The Hall–Kier alpha value is -4.15. The van der Waals surface area contributed by atoms with E-state index in [0.717, 1.165) is 44.0 Å². The topological polar surface area (TPSA) is 114 Å². The zero-order chi connectivity index (χ0) is 26.3. The van der Waals surface area contributed by atoms with Crippen LogP contribution in [0.25, 0.3) is 0 Å². The molecule has 2 amide bonds. The van der Waals surface area contributed by atoms with E-state index in [1.54, 1.807) is 48.7 Å². The molecule has 38 heavy (non-hydrogen) atoms. The molecule has 0 radical (unpaired) electrons. The number of carbonyl (C=O) groups excluding carboxylic acids is 2. The van der Waals surface area contributed by atoms with Gasteiger partial charge in [-0.25, -0.2) is 9.78 Å². The summed E-state index contributed by atoms with van der Waals surface area (Å²) >= 11 is 0. The zero-order valence-electron chi connectivity index (χ0n) is 21.2. The Morgan fingerprint density at radius 1 is 1.05 bits per heavy atom. The van der Waals surface area contributed by atoms with E-state index in [9.17, 15) is 9.59 Å². The van der Waals surface area contributed by atoms with E-state index < -0.39 is 6.09 Å². The number of pyridine rings is 1. The normalized spacial score (nSPS) is 17.1. The second-order valence-electron chi connectivity index (χ2n) is 9.21. The number of hydrogen-bond donors (Lipinski definition) is 3. The zero-order valence-corrected chi connectivity index (χ0v) is 21.2. The lowest BCUT2D eigenvalue weighted by Crippen LogP contribution is -2.36. The van der Waals surface area contributed by atoms with Crippen LogP contribution < -0.4 is 30.3 Å². The van der Waals surface area contributed by atoms with Gasteiger partial charge in [0.1, 0.15) is 23.4 Å². The fraction of sp³-hybridized carbons (Fsp3) is 0.321. The van der Waals surface area contributed by atoms with Crippen molar-refractivity contribution in [1.29, 1.82) is 0 Å². The van der Waals surface area contributed by atoms with Crippen LogP contribution in [0.4, 0.5) is 22.0 Å². The molecular weight excluding hydrogens is 486 g/mol. The highest BCUT2D eigenvalue weighted by atomic mass is 16.6. The first kappa shape index (κ1) is 25.5. The van der Waals surface area contributed by atoms with Gasteiger partial charge in [0.25, 0.3) is 5.91 Å². The van der Waals surface area contributed by atoms with Crippen molar-refractivity contribution in [3.63, 3.8) is 0 Å². The average Bonchev–Trinajstić information content (AvgIpc) is 3.44. The van der Waals surface area contributed by atoms with E-state index in [2.05, 4.69) is 25.8 Å². The molecule has 2 aliphatic rings. The number of anilines is 3. The van der Waals surface area contributed by atoms with Crippen molar-refractivity contribution in [2.45, 2.75) is 19.4 Å². The molecule has 0 bridgehead atoms. The summed E-state index contributed by atoms with van der Waals surface area (Å²) in [6.45, 7) is 6.35. The summed E-state index contributed by atoms with van der Waals surface area (Å²) in [4.78, 5) is 32.0. The standard InChI is InChI=1S/C28H31N5O5/c1-19-5-6-21(31-28(35)38-23-8-10-30-26(17-23)33-11-13-36-14-12-33)16-25(19)32-27(34)20-3-2-4-22(15-20)37-24-7-9-29-18-24/h2-6,8,10,15-17,24,29H,7,9,11-14,18H2,1H3,(H,31,35)(H,32,34). The lowest BCUT2D eigenvalue weighted by atomic mass is 10.1. The number of amides is 2. The number of ether oxygens (including phenoxy) is 3. The van der Waals surface area contributed by atoms with Crippen molar-refractivity contribution >= 4 is 29.2 Å². The molecule has 2 saturated heterocycles. The van der Waals surface area contributed by atoms with Gasteiger partial charge in [-0.2, -0.15) is 0 Å². The molecule has 0 aliphatic carbocycles. The van der Waals surface area contributed by atoms with Crippen LogP contribution in [0.2, 0.25) is 0 Å². The van der Waals surface area contributed by atoms with Crippen LogP contribution in [0.3, 0.4) is 0 Å². The quantitative estimate of drug-likeness (QED) is 0.433. The molecule has 10 heteroatoms.